The van der Waals surface area contributed by atoms with Gasteiger partial charge >= 0.3 is 6.03 Å². The van der Waals surface area contributed by atoms with Crippen LogP contribution in [0.15, 0.2) is 29.2 Å². The Morgan fingerprint density at radius 1 is 0.971 bits per heavy atom. The summed E-state index contributed by atoms with van der Waals surface area (Å²) in [5.41, 5.74) is 5.47. The van der Waals surface area contributed by atoms with E-state index in [9.17, 15) is 18.3 Å². The number of nitrogens with one attached hydrogen (secondary N) is 2. The van der Waals surface area contributed by atoms with Crippen LogP contribution in [0.3, 0.4) is 0 Å². The Morgan fingerprint density at radius 3 is 2.20 bits per heavy atom. The van der Waals surface area contributed by atoms with Crippen LogP contribution < -0.4 is 14.9 Å². The lowest BCUT2D eigenvalue weighted by molar-refractivity contribution is 0.0783. The van der Waals surface area contributed by atoms with E-state index in [0.717, 1.165) is 55.3 Å². The Hall–Kier alpha value is -2.62. The van der Waals surface area contributed by atoms with Crippen molar-refractivity contribution in [3.05, 3.63) is 52.1 Å². The average Bonchev–Trinajstić information content (AvgIpc) is 3.48. The maximum absolute atomic E-state index is 13.3. The van der Waals surface area contributed by atoms with Crippen molar-refractivity contribution >= 4 is 27.4 Å². The largest absolute Gasteiger partial charge is 0.386 e. The predicted molar refractivity (Wildman–Crippen MR) is 135 cm³/mol. The zero-order chi connectivity index (χ0) is 24.8. The molecule has 1 saturated heterocycles. The first-order valence-corrected chi connectivity index (χ1v) is 13.8. The fourth-order valence-corrected chi connectivity index (χ4v) is 6.35. The third-order valence-corrected chi connectivity index (χ3v) is 8.53. The summed E-state index contributed by atoms with van der Waals surface area (Å²) in [5.74, 6) is 0. The van der Waals surface area contributed by atoms with E-state index in [-0.39, 0.29) is 4.90 Å². The molecule has 35 heavy (non-hydrogen) atoms. The molecule has 8 nitrogen and oxygen atoms in total. The molecule has 3 N–H and O–H groups in total. The molecule has 0 saturated carbocycles. The van der Waals surface area contributed by atoms with Crippen LogP contribution in [0.1, 0.15) is 54.5 Å². The number of sulfonamides is 1. The smallest absolute Gasteiger partial charge is 0.333 e. The van der Waals surface area contributed by atoms with Crippen LogP contribution in [0.5, 0.6) is 0 Å². The van der Waals surface area contributed by atoms with Crippen molar-refractivity contribution in [3.8, 4) is 0 Å². The molecule has 2 amide bonds. The second-order valence-corrected chi connectivity index (χ2v) is 11.9. The maximum Gasteiger partial charge on any atom is 0.333 e. The van der Waals surface area contributed by atoms with E-state index >= 15 is 0 Å². The lowest BCUT2D eigenvalue weighted by Crippen LogP contribution is -2.37. The SMILES string of the molecule is CC(C)(O)c1cc(N2CCOCC2)cc(S(=O)(=O)NC(=O)Nc2c3c(cc4c2CCC4)CCC3)c1. The second kappa shape index (κ2) is 9.11. The molecular formula is C26H33N3O5S. The number of amides is 2. The molecule has 0 bridgehead atoms. The summed E-state index contributed by atoms with van der Waals surface area (Å²) in [6.45, 7) is 5.54. The van der Waals surface area contributed by atoms with Gasteiger partial charge < -0.3 is 20.1 Å². The number of morpholine rings is 1. The van der Waals surface area contributed by atoms with Gasteiger partial charge in [-0.3, -0.25) is 0 Å². The molecule has 3 aliphatic rings. The molecule has 0 unspecified atom stereocenters. The normalized spacial score (nSPS) is 17.7. The van der Waals surface area contributed by atoms with Crippen molar-refractivity contribution in [2.75, 3.05) is 36.5 Å². The summed E-state index contributed by atoms with van der Waals surface area (Å²) in [6.07, 6.45) is 5.85. The first-order chi connectivity index (χ1) is 16.6. The van der Waals surface area contributed by atoms with Gasteiger partial charge in [0, 0.05) is 24.5 Å². The number of hydrogen-bond donors (Lipinski definition) is 3. The Kier molecular flexibility index (Phi) is 6.27. The van der Waals surface area contributed by atoms with Gasteiger partial charge in [0.1, 0.15) is 0 Å². The summed E-state index contributed by atoms with van der Waals surface area (Å²) in [6, 6.07) is 6.27. The van der Waals surface area contributed by atoms with Gasteiger partial charge in [-0.15, -0.1) is 0 Å². The number of aliphatic hydroxyl groups is 1. The van der Waals surface area contributed by atoms with Crippen LogP contribution in [0.25, 0.3) is 0 Å². The molecule has 0 aromatic heterocycles. The number of rotatable bonds is 5. The molecule has 1 fully saturated rings. The summed E-state index contributed by atoms with van der Waals surface area (Å²) in [7, 11) is -4.18. The highest BCUT2D eigenvalue weighted by atomic mass is 32.2. The Balaban J connectivity index is 1.43. The molecule has 1 aliphatic heterocycles. The van der Waals surface area contributed by atoms with Crippen LogP contribution in [-0.4, -0.2) is 45.9 Å². The fourth-order valence-electron chi connectivity index (χ4n) is 5.38. The number of nitrogens with zero attached hydrogens (tertiary/aromatic N) is 1. The third kappa shape index (κ3) is 4.90. The van der Waals surface area contributed by atoms with E-state index < -0.39 is 21.7 Å². The number of urea groups is 1. The minimum Gasteiger partial charge on any atom is -0.386 e. The molecule has 2 aromatic carbocycles. The summed E-state index contributed by atoms with van der Waals surface area (Å²) >= 11 is 0. The average molecular weight is 500 g/mol. The lowest BCUT2D eigenvalue weighted by Gasteiger charge is -2.30. The summed E-state index contributed by atoms with van der Waals surface area (Å²) in [5, 5.41) is 13.5. The van der Waals surface area contributed by atoms with Gasteiger partial charge in [0.25, 0.3) is 10.0 Å². The van der Waals surface area contributed by atoms with Crippen LogP contribution in [0.4, 0.5) is 16.2 Å². The van der Waals surface area contributed by atoms with Crippen LogP contribution in [0, 0.1) is 0 Å². The highest BCUT2D eigenvalue weighted by molar-refractivity contribution is 7.90. The molecular weight excluding hydrogens is 466 g/mol. The fraction of sp³-hybridized carbons (Fsp3) is 0.500. The van der Waals surface area contributed by atoms with E-state index in [1.54, 1.807) is 26.0 Å². The number of carbonyl (C=O) groups excluding carboxylic acids is 1. The third-order valence-electron chi connectivity index (χ3n) is 7.22. The number of aryl methyl sites for hydroxylation is 2. The van der Waals surface area contributed by atoms with Gasteiger partial charge in [-0.25, -0.2) is 17.9 Å². The number of anilines is 2. The minimum absolute atomic E-state index is 0.0581. The van der Waals surface area contributed by atoms with Crippen molar-refractivity contribution in [2.24, 2.45) is 0 Å². The van der Waals surface area contributed by atoms with Crippen LogP contribution >= 0.6 is 0 Å². The molecule has 2 aromatic rings. The molecule has 188 valence electrons. The Labute approximate surface area is 206 Å². The molecule has 5 rings (SSSR count). The van der Waals surface area contributed by atoms with Gasteiger partial charge in [0.05, 0.1) is 23.7 Å². The van der Waals surface area contributed by atoms with Gasteiger partial charge in [-0.05, 0) is 98.4 Å². The van der Waals surface area contributed by atoms with Crippen molar-refractivity contribution in [1.82, 2.24) is 4.72 Å². The summed E-state index contributed by atoms with van der Waals surface area (Å²) < 4.78 is 34.3. The quantitative estimate of drug-likeness (QED) is 0.583. The minimum atomic E-state index is -4.18. The summed E-state index contributed by atoms with van der Waals surface area (Å²) in [4.78, 5) is 15.0. The van der Waals surface area contributed by atoms with Crippen molar-refractivity contribution in [3.63, 3.8) is 0 Å². The first-order valence-electron chi connectivity index (χ1n) is 12.3. The number of hydrogen-bond acceptors (Lipinski definition) is 6. The van der Waals surface area contributed by atoms with E-state index in [4.69, 9.17) is 4.74 Å². The molecule has 0 spiro atoms. The second-order valence-electron chi connectivity index (χ2n) is 10.2. The molecule has 1 heterocycles. The highest BCUT2D eigenvalue weighted by Crippen LogP contribution is 2.38. The topological polar surface area (TPSA) is 108 Å². The number of fused-ring (bicyclic) bond motifs is 2. The van der Waals surface area contributed by atoms with Gasteiger partial charge in [0.15, 0.2) is 0 Å². The zero-order valence-electron chi connectivity index (χ0n) is 20.3. The monoisotopic (exact) mass is 499 g/mol. The van der Waals surface area contributed by atoms with E-state index in [0.29, 0.717) is 37.6 Å². The standard InChI is InChI=1S/C26H33N3O5S/c1-26(2,31)19-14-20(29-9-11-34-12-10-29)16-21(15-19)35(32,33)28-25(30)27-24-22-7-3-5-17(22)13-18-6-4-8-23(18)24/h13-16,31H,3-12H2,1-2H3,(H2,27,28,30). The Morgan fingerprint density at radius 2 is 1.60 bits per heavy atom. The predicted octanol–water partition coefficient (Wildman–Crippen LogP) is 3.24. The van der Waals surface area contributed by atoms with Crippen LogP contribution in [0.2, 0.25) is 0 Å². The molecule has 0 radical (unpaired) electrons. The molecule has 2 aliphatic carbocycles. The highest BCUT2D eigenvalue weighted by Gasteiger charge is 2.28. The van der Waals surface area contributed by atoms with E-state index in [1.165, 1.54) is 17.2 Å². The molecule has 9 heteroatoms. The van der Waals surface area contributed by atoms with Gasteiger partial charge in [0.2, 0.25) is 0 Å². The zero-order valence-corrected chi connectivity index (χ0v) is 21.1. The maximum atomic E-state index is 13.3. The number of ether oxygens (including phenoxy) is 1. The number of carbonyl (C=O) groups is 1. The molecule has 0 atom stereocenters. The number of benzene rings is 2. The van der Waals surface area contributed by atoms with Gasteiger partial charge in [-0.2, -0.15) is 0 Å². The van der Waals surface area contributed by atoms with Crippen molar-refractivity contribution in [1.29, 1.82) is 0 Å². The van der Waals surface area contributed by atoms with Gasteiger partial charge in [-0.1, -0.05) is 6.07 Å². The van der Waals surface area contributed by atoms with E-state index in [2.05, 4.69) is 16.1 Å². The van der Waals surface area contributed by atoms with Crippen molar-refractivity contribution < 1.29 is 23.1 Å². The van der Waals surface area contributed by atoms with Crippen LogP contribution in [-0.2, 0) is 46.0 Å². The Bertz CT molecular complexity index is 1230. The lowest BCUT2D eigenvalue weighted by atomic mass is 9.97. The first kappa shape index (κ1) is 24.1. The van der Waals surface area contributed by atoms with E-state index in [1.807, 2.05) is 4.90 Å². The van der Waals surface area contributed by atoms with Crippen molar-refractivity contribution in [2.45, 2.75) is 62.9 Å².